The van der Waals surface area contributed by atoms with Crippen molar-refractivity contribution in [1.82, 2.24) is 14.8 Å². The molecule has 0 bridgehead atoms. The number of amides is 2. The number of fused-ring (bicyclic) bond motifs is 2. The molecule has 1 saturated heterocycles. The number of carbonyl (C=O) groups excluding carboxylic acids is 2. The molecular formula is C29H29N3O5S. The number of hydrogen-bond donors (Lipinski definition) is 0. The number of hydrogen-bond acceptors (Lipinski definition) is 7. The maximum atomic E-state index is 13.3. The summed E-state index contributed by atoms with van der Waals surface area (Å²) in [4.78, 5) is 34.7. The summed E-state index contributed by atoms with van der Waals surface area (Å²) in [5.74, 6) is 1.87. The Morgan fingerprint density at radius 2 is 1.68 bits per heavy atom. The summed E-state index contributed by atoms with van der Waals surface area (Å²) >= 11 is 1.54. The van der Waals surface area contributed by atoms with Crippen molar-refractivity contribution in [2.45, 2.75) is 31.7 Å². The van der Waals surface area contributed by atoms with Crippen LogP contribution in [-0.2, 0) is 13.0 Å². The van der Waals surface area contributed by atoms with Crippen molar-refractivity contribution in [2.24, 2.45) is 0 Å². The summed E-state index contributed by atoms with van der Waals surface area (Å²) in [5, 5.41) is 3.77. The Bertz CT molecular complexity index is 1470. The highest BCUT2D eigenvalue weighted by molar-refractivity contribution is 7.09. The van der Waals surface area contributed by atoms with E-state index in [-0.39, 0.29) is 17.7 Å². The average Bonchev–Trinajstić information content (AvgIpc) is 3.63. The van der Waals surface area contributed by atoms with Gasteiger partial charge in [0, 0.05) is 42.9 Å². The van der Waals surface area contributed by atoms with Crippen molar-refractivity contribution in [1.29, 1.82) is 0 Å². The Labute approximate surface area is 224 Å². The molecule has 2 aromatic carbocycles. The molecule has 0 saturated carbocycles. The van der Waals surface area contributed by atoms with Crippen molar-refractivity contribution in [2.75, 3.05) is 33.9 Å². The normalized spacial score (nSPS) is 15.9. The second-order valence-corrected chi connectivity index (χ2v) is 10.6. The second kappa shape index (κ2) is 10.1. The fraction of sp³-hybridized carbons (Fsp3) is 0.345. The van der Waals surface area contributed by atoms with Crippen molar-refractivity contribution in [3.05, 3.63) is 75.4 Å². The van der Waals surface area contributed by atoms with Gasteiger partial charge < -0.3 is 23.7 Å². The molecule has 38 heavy (non-hydrogen) atoms. The van der Waals surface area contributed by atoms with Crippen molar-refractivity contribution < 1.29 is 23.5 Å². The summed E-state index contributed by atoms with van der Waals surface area (Å²) < 4.78 is 16.6. The highest BCUT2D eigenvalue weighted by Crippen LogP contribution is 2.35. The minimum absolute atomic E-state index is 0.0505. The van der Waals surface area contributed by atoms with Crippen molar-refractivity contribution >= 4 is 34.1 Å². The van der Waals surface area contributed by atoms with E-state index in [1.165, 1.54) is 16.9 Å². The first-order valence-corrected chi connectivity index (χ1v) is 13.7. The standard InChI is InChI=1S/C29H29N3O5S/c1-35-24-13-19-9-12-32(16-21(19)15-25(24)36-2)28(33)22-17-38-27(30-22)18-7-10-31(11-8-18)29(34)26-14-20-5-3-4-6-23(20)37-26/h3-6,13-15,17-18H,7-12,16H2,1-2H3. The van der Waals surface area contributed by atoms with Crippen LogP contribution in [0.5, 0.6) is 11.5 Å². The molecule has 6 rings (SSSR count). The number of likely N-dealkylation sites (tertiary alicyclic amines) is 1. The van der Waals surface area contributed by atoms with E-state index in [9.17, 15) is 9.59 Å². The lowest BCUT2D eigenvalue weighted by Gasteiger charge is -2.30. The molecule has 4 heterocycles. The maximum Gasteiger partial charge on any atom is 0.289 e. The smallest absolute Gasteiger partial charge is 0.289 e. The van der Waals surface area contributed by atoms with Gasteiger partial charge in [-0.05, 0) is 54.7 Å². The molecule has 4 aromatic rings. The Balaban J connectivity index is 1.09. The van der Waals surface area contributed by atoms with Gasteiger partial charge in [0.2, 0.25) is 0 Å². The van der Waals surface area contributed by atoms with Gasteiger partial charge in [-0.15, -0.1) is 11.3 Å². The molecule has 0 unspecified atom stereocenters. The zero-order valence-electron chi connectivity index (χ0n) is 21.4. The number of para-hydroxylation sites is 1. The van der Waals surface area contributed by atoms with Gasteiger partial charge in [-0.3, -0.25) is 9.59 Å². The van der Waals surface area contributed by atoms with Crippen LogP contribution in [0, 0.1) is 0 Å². The zero-order valence-corrected chi connectivity index (χ0v) is 22.3. The van der Waals surface area contributed by atoms with Crippen LogP contribution in [0.15, 0.2) is 52.3 Å². The number of thiazole rings is 1. The average molecular weight is 532 g/mol. The summed E-state index contributed by atoms with van der Waals surface area (Å²) in [7, 11) is 3.25. The third kappa shape index (κ3) is 4.51. The number of carbonyl (C=O) groups is 2. The molecule has 0 spiro atoms. The van der Waals surface area contributed by atoms with E-state index in [0.29, 0.717) is 49.1 Å². The van der Waals surface area contributed by atoms with Crippen LogP contribution in [0.4, 0.5) is 0 Å². The van der Waals surface area contributed by atoms with E-state index in [4.69, 9.17) is 18.9 Å². The van der Waals surface area contributed by atoms with E-state index < -0.39 is 0 Å². The monoisotopic (exact) mass is 531 g/mol. The number of ether oxygens (including phenoxy) is 2. The molecule has 2 aliphatic rings. The molecule has 0 N–H and O–H groups in total. The molecule has 196 valence electrons. The van der Waals surface area contributed by atoms with Gasteiger partial charge in [-0.25, -0.2) is 4.98 Å². The quantitative estimate of drug-likeness (QED) is 0.355. The Morgan fingerprint density at radius 1 is 0.947 bits per heavy atom. The van der Waals surface area contributed by atoms with Gasteiger partial charge in [-0.1, -0.05) is 18.2 Å². The third-order valence-electron chi connectivity index (χ3n) is 7.51. The van der Waals surface area contributed by atoms with E-state index >= 15 is 0 Å². The first-order chi connectivity index (χ1) is 18.5. The van der Waals surface area contributed by atoms with Gasteiger partial charge in [0.15, 0.2) is 17.3 Å². The van der Waals surface area contributed by atoms with E-state index in [1.807, 2.05) is 57.6 Å². The lowest BCUT2D eigenvalue weighted by atomic mass is 9.97. The topological polar surface area (TPSA) is 85.1 Å². The molecule has 2 aromatic heterocycles. The molecule has 2 aliphatic heterocycles. The van der Waals surface area contributed by atoms with E-state index in [1.54, 1.807) is 14.2 Å². The molecule has 0 aliphatic carbocycles. The predicted molar refractivity (Wildman–Crippen MR) is 144 cm³/mol. The Kier molecular flexibility index (Phi) is 6.53. The van der Waals surface area contributed by atoms with Gasteiger partial charge >= 0.3 is 0 Å². The van der Waals surface area contributed by atoms with Crippen LogP contribution in [0.2, 0.25) is 0 Å². The summed E-state index contributed by atoms with van der Waals surface area (Å²) in [6.07, 6.45) is 2.38. The summed E-state index contributed by atoms with van der Waals surface area (Å²) in [6, 6.07) is 13.4. The Hall–Kier alpha value is -3.85. The van der Waals surface area contributed by atoms with Gasteiger partial charge in [-0.2, -0.15) is 0 Å². The number of methoxy groups -OCH3 is 2. The number of benzene rings is 2. The van der Waals surface area contributed by atoms with E-state index in [2.05, 4.69) is 0 Å². The van der Waals surface area contributed by atoms with Crippen LogP contribution in [0.1, 0.15) is 55.9 Å². The fourth-order valence-electron chi connectivity index (χ4n) is 5.36. The molecule has 2 amide bonds. The number of nitrogens with zero attached hydrogens (tertiary/aromatic N) is 3. The largest absolute Gasteiger partial charge is 0.493 e. The lowest BCUT2D eigenvalue weighted by molar-refractivity contribution is 0.0683. The van der Waals surface area contributed by atoms with Gasteiger partial charge in [0.25, 0.3) is 11.8 Å². The minimum atomic E-state index is -0.0747. The predicted octanol–water partition coefficient (Wildman–Crippen LogP) is 5.12. The van der Waals surface area contributed by atoms with Crippen LogP contribution in [-0.4, -0.2) is 60.5 Å². The van der Waals surface area contributed by atoms with Crippen LogP contribution < -0.4 is 9.47 Å². The minimum Gasteiger partial charge on any atom is -0.493 e. The highest BCUT2D eigenvalue weighted by atomic mass is 32.1. The van der Waals surface area contributed by atoms with Crippen LogP contribution >= 0.6 is 11.3 Å². The number of piperidine rings is 1. The molecule has 8 nitrogen and oxygen atoms in total. The summed E-state index contributed by atoms with van der Waals surface area (Å²) in [5.41, 5.74) is 3.46. The van der Waals surface area contributed by atoms with Gasteiger partial charge in [0.05, 0.1) is 19.2 Å². The lowest BCUT2D eigenvalue weighted by Crippen LogP contribution is -2.38. The molecule has 0 radical (unpaired) electrons. The molecule has 1 fully saturated rings. The van der Waals surface area contributed by atoms with Crippen molar-refractivity contribution in [3.63, 3.8) is 0 Å². The molecule has 0 atom stereocenters. The van der Waals surface area contributed by atoms with Crippen LogP contribution in [0.3, 0.4) is 0 Å². The van der Waals surface area contributed by atoms with E-state index in [0.717, 1.165) is 40.8 Å². The maximum absolute atomic E-state index is 13.3. The fourth-order valence-corrected chi connectivity index (χ4v) is 6.33. The number of furan rings is 1. The third-order valence-corrected chi connectivity index (χ3v) is 8.52. The Morgan fingerprint density at radius 3 is 2.42 bits per heavy atom. The molecular weight excluding hydrogens is 502 g/mol. The summed E-state index contributed by atoms with van der Waals surface area (Å²) in [6.45, 7) is 2.43. The SMILES string of the molecule is COc1cc2c(cc1OC)CN(C(=O)c1csc(C3CCN(C(=O)c4cc5ccccc5o4)CC3)n1)CC2. The molecule has 9 heteroatoms. The highest BCUT2D eigenvalue weighted by Gasteiger charge is 2.30. The van der Waals surface area contributed by atoms with Crippen LogP contribution in [0.25, 0.3) is 11.0 Å². The first-order valence-electron chi connectivity index (χ1n) is 12.8. The number of rotatable bonds is 5. The number of aromatic nitrogens is 1. The second-order valence-electron chi connectivity index (χ2n) is 9.74. The zero-order chi connectivity index (χ0) is 26.2. The van der Waals surface area contributed by atoms with Crippen molar-refractivity contribution in [3.8, 4) is 11.5 Å². The van der Waals surface area contributed by atoms with Gasteiger partial charge in [0.1, 0.15) is 11.3 Å². The first kappa shape index (κ1) is 24.5.